The van der Waals surface area contributed by atoms with Gasteiger partial charge in [-0.05, 0) is 17.7 Å². The molecule has 0 saturated carbocycles. The number of hydrogen-bond donors (Lipinski definition) is 2. The summed E-state index contributed by atoms with van der Waals surface area (Å²) in [5.41, 5.74) is -1.49. The number of carbonyl (C=O) groups is 1. The van der Waals surface area contributed by atoms with Crippen molar-refractivity contribution < 1.29 is 28.2 Å². The Bertz CT molecular complexity index is 385. The van der Waals surface area contributed by atoms with Crippen molar-refractivity contribution in [1.29, 1.82) is 0 Å². The molecule has 2 N–H and O–H groups in total. The van der Waals surface area contributed by atoms with E-state index in [1.165, 1.54) is 0 Å². The van der Waals surface area contributed by atoms with Crippen LogP contribution < -0.4 is 0 Å². The van der Waals surface area contributed by atoms with Crippen molar-refractivity contribution in [2.45, 2.75) is 12.6 Å². The number of alkyl halides is 3. The number of aliphatic carboxylic acids is 1. The number of rotatable bonds is 2. The van der Waals surface area contributed by atoms with Crippen molar-refractivity contribution >= 4 is 5.97 Å². The van der Waals surface area contributed by atoms with Crippen LogP contribution in [-0.2, 0) is 17.4 Å². The minimum absolute atomic E-state index is 0.368. The summed E-state index contributed by atoms with van der Waals surface area (Å²) in [4.78, 5) is 10.3. The Kier molecular flexibility index (Phi) is 2.88. The van der Waals surface area contributed by atoms with E-state index in [0.717, 1.165) is 12.1 Å². The van der Waals surface area contributed by atoms with E-state index in [2.05, 4.69) is 0 Å². The van der Waals surface area contributed by atoms with Gasteiger partial charge < -0.3 is 10.2 Å². The number of carboxylic acid groups (broad SMARTS) is 1. The number of halogens is 3. The number of hydrogen-bond acceptors (Lipinski definition) is 2. The molecule has 0 aromatic heterocycles. The Morgan fingerprint density at radius 3 is 2.40 bits per heavy atom. The summed E-state index contributed by atoms with van der Waals surface area (Å²) in [7, 11) is 0. The Hall–Kier alpha value is -1.72. The van der Waals surface area contributed by atoms with Gasteiger partial charge in [0.25, 0.3) is 0 Å². The van der Waals surface area contributed by atoms with Crippen LogP contribution in [0.1, 0.15) is 11.1 Å². The van der Waals surface area contributed by atoms with Gasteiger partial charge in [0, 0.05) is 0 Å². The fourth-order valence-corrected chi connectivity index (χ4v) is 1.15. The summed E-state index contributed by atoms with van der Waals surface area (Å²) >= 11 is 0. The minimum atomic E-state index is -4.66. The fourth-order valence-electron chi connectivity index (χ4n) is 1.15. The fraction of sp³-hybridized carbons (Fsp3) is 0.222. The highest BCUT2D eigenvalue weighted by atomic mass is 19.4. The standard InChI is InChI=1S/C9H7F3O3/c10-9(11,12)7-4-6(13)2-1-5(7)3-8(14)15/h1-2,4,13H,3H2,(H,14,15). The van der Waals surface area contributed by atoms with Crippen molar-refractivity contribution in [3.63, 3.8) is 0 Å². The Labute approximate surface area is 82.8 Å². The molecule has 0 aliphatic heterocycles. The summed E-state index contributed by atoms with van der Waals surface area (Å²) in [6, 6.07) is 2.48. The first-order chi connectivity index (χ1) is 6.80. The first-order valence-electron chi connectivity index (χ1n) is 3.91. The second-order valence-corrected chi connectivity index (χ2v) is 2.91. The molecule has 0 amide bonds. The van der Waals surface area contributed by atoms with Gasteiger partial charge in [0.15, 0.2) is 0 Å². The first kappa shape index (κ1) is 11.4. The van der Waals surface area contributed by atoms with Crippen molar-refractivity contribution in [2.24, 2.45) is 0 Å². The van der Waals surface area contributed by atoms with E-state index in [1.807, 2.05) is 0 Å². The van der Waals surface area contributed by atoms with Crippen molar-refractivity contribution in [1.82, 2.24) is 0 Å². The monoisotopic (exact) mass is 220 g/mol. The van der Waals surface area contributed by atoms with Gasteiger partial charge >= 0.3 is 12.1 Å². The topological polar surface area (TPSA) is 57.5 Å². The molecule has 15 heavy (non-hydrogen) atoms. The van der Waals surface area contributed by atoms with Crippen LogP contribution in [0.3, 0.4) is 0 Å². The second-order valence-electron chi connectivity index (χ2n) is 2.91. The zero-order valence-corrected chi connectivity index (χ0v) is 7.38. The van der Waals surface area contributed by atoms with Crippen molar-refractivity contribution in [3.05, 3.63) is 29.3 Å². The minimum Gasteiger partial charge on any atom is -0.508 e. The largest absolute Gasteiger partial charge is 0.508 e. The average molecular weight is 220 g/mol. The number of aromatic hydroxyl groups is 1. The lowest BCUT2D eigenvalue weighted by molar-refractivity contribution is -0.139. The maximum absolute atomic E-state index is 12.4. The molecule has 6 heteroatoms. The van der Waals surface area contributed by atoms with Gasteiger partial charge in [-0.15, -0.1) is 0 Å². The van der Waals surface area contributed by atoms with Gasteiger partial charge in [-0.3, -0.25) is 4.79 Å². The van der Waals surface area contributed by atoms with Gasteiger partial charge in [-0.25, -0.2) is 0 Å². The van der Waals surface area contributed by atoms with E-state index < -0.39 is 29.9 Å². The van der Waals surface area contributed by atoms with Crippen molar-refractivity contribution in [2.75, 3.05) is 0 Å². The van der Waals surface area contributed by atoms with Crippen LogP contribution >= 0.6 is 0 Å². The molecule has 0 heterocycles. The highest BCUT2D eigenvalue weighted by molar-refractivity contribution is 5.71. The number of benzene rings is 1. The normalized spacial score (nSPS) is 11.4. The van der Waals surface area contributed by atoms with Crippen LogP contribution in [0, 0.1) is 0 Å². The Morgan fingerprint density at radius 2 is 1.93 bits per heavy atom. The molecule has 0 aliphatic carbocycles. The zero-order valence-electron chi connectivity index (χ0n) is 7.38. The Morgan fingerprint density at radius 1 is 1.33 bits per heavy atom. The molecule has 0 aliphatic rings. The van der Waals surface area contributed by atoms with E-state index in [9.17, 15) is 18.0 Å². The van der Waals surface area contributed by atoms with Gasteiger partial charge in [0.05, 0.1) is 12.0 Å². The van der Waals surface area contributed by atoms with Crippen LogP contribution in [0.5, 0.6) is 5.75 Å². The van der Waals surface area contributed by atoms with Crippen LogP contribution in [0.15, 0.2) is 18.2 Å². The molecule has 0 unspecified atom stereocenters. The molecular weight excluding hydrogens is 213 g/mol. The molecule has 1 rings (SSSR count). The van der Waals surface area contributed by atoms with Crippen LogP contribution in [0.25, 0.3) is 0 Å². The van der Waals surface area contributed by atoms with E-state index >= 15 is 0 Å². The molecule has 1 aromatic rings. The lowest BCUT2D eigenvalue weighted by Crippen LogP contribution is -2.12. The third kappa shape index (κ3) is 2.87. The van der Waals surface area contributed by atoms with Gasteiger partial charge in [-0.1, -0.05) is 6.07 Å². The molecule has 0 radical (unpaired) electrons. The highest BCUT2D eigenvalue weighted by Crippen LogP contribution is 2.34. The number of carboxylic acids is 1. The van der Waals surface area contributed by atoms with E-state index in [-0.39, 0.29) is 5.56 Å². The second kappa shape index (κ2) is 3.80. The first-order valence-corrected chi connectivity index (χ1v) is 3.91. The third-order valence-corrected chi connectivity index (χ3v) is 1.74. The SMILES string of the molecule is O=C(O)Cc1ccc(O)cc1C(F)(F)F. The summed E-state index contributed by atoms with van der Waals surface area (Å²) in [5, 5.41) is 17.3. The molecule has 1 aromatic carbocycles. The van der Waals surface area contributed by atoms with Crippen LogP contribution in [0.2, 0.25) is 0 Å². The van der Waals surface area contributed by atoms with Crippen molar-refractivity contribution in [3.8, 4) is 5.75 Å². The summed E-state index contributed by atoms with van der Waals surface area (Å²) in [5.74, 6) is -1.90. The Balaban J connectivity index is 3.20. The van der Waals surface area contributed by atoms with Gasteiger partial charge in [0.1, 0.15) is 5.75 Å². The maximum atomic E-state index is 12.4. The van der Waals surface area contributed by atoms with Crippen LogP contribution in [-0.4, -0.2) is 16.2 Å². The summed E-state index contributed by atoms with van der Waals surface area (Å²) < 4.78 is 37.1. The predicted octanol–water partition coefficient (Wildman–Crippen LogP) is 2.04. The van der Waals surface area contributed by atoms with Gasteiger partial charge in [0.2, 0.25) is 0 Å². The molecule has 3 nitrogen and oxygen atoms in total. The smallest absolute Gasteiger partial charge is 0.416 e. The summed E-state index contributed by atoms with van der Waals surface area (Å²) in [6.45, 7) is 0. The zero-order chi connectivity index (χ0) is 11.6. The highest BCUT2D eigenvalue weighted by Gasteiger charge is 2.34. The van der Waals surface area contributed by atoms with Crippen LogP contribution in [0.4, 0.5) is 13.2 Å². The average Bonchev–Trinajstić information content (AvgIpc) is 2.05. The number of phenols is 1. The lowest BCUT2D eigenvalue weighted by Gasteiger charge is -2.11. The third-order valence-electron chi connectivity index (χ3n) is 1.74. The summed E-state index contributed by atoms with van der Waals surface area (Å²) in [6.07, 6.45) is -5.39. The molecule has 0 saturated heterocycles. The molecule has 0 bridgehead atoms. The molecule has 0 fully saturated rings. The van der Waals surface area contributed by atoms with E-state index in [4.69, 9.17) is 10.2 Å². The van der Waals surface area contributed by atoms with Gasteiger partial charge in [-0.2, -0.15) is 13.2 Å². The maximum Gasteiger partial charge on any atom is 0.416 e. The predicted molar refractivity (Wildman–Crippen MR) is 44.4 cm³/mol. The number of phenolic OH excluding ortho intramolecular Hbond substituents is 1. The molecular formula is C9H7F3O3. The lowest BCUT2D eigenvalue weighted by atomic mass is 10.0. The van der Waals surface area contributed by atoms with E-state index in [0.29, 0.717) is 6.07 Å². The molecule has 0 atom stereocenters. The molecule has 82 valence electrons. The van der Waals surface area contributed by atoms with E-state index in [1.54, 1.807) is 0 Å². The quantitative estimate of drug-likeness (QED) is 0.801. The molecule has 0 spiro atoms.